The van der Waals surface area contributed by atoms with Crippen molar-refractivity contribution in [1.29, 1.82) is 0 Å². The summed E-state index contributed by atoms with van der Waals surface area (Å²) in [5.41, 5.74) is 0. The first-order valence-electron chi connectivity index (χ1n) is 17.7. The van der Waals surface area contributed by atoms with Crippen molar-refractivity contribution in [2.45, 2.75) is 196 Å². The van der Waals surface area contributed by atoms with Crippen LogP contribution in [0.5, 0.6) is 0 Å². The molecule has 0 aliphatic rings. The van der Waals surface area contributed by atoms with Gasteiger partial charge in [-0.15, -0.1) is 0 Å². The Morgan fingerprint density at radius 1 is 0.590 bits per heavy atom. The van der Waals surface area contributed by atoms with E-state index in [1.54, 1.807) is 32.6 Å². The zero-order valence-corrected chi connectivity index (χ0v) is 31.4. The van der Waals surface area contributed by atoms with Gasteiger partial charge in [0.05, 0.1) is 13.0 Å². The van der Waals surface area contributed by atoms with Crippen LogP contribution in [-0.4, -0.2) is 38.1 Å². The predicted molar refractivity (Wildman–Crippen MR) is 183 cm³/mol. The van der Waals surface area contributed by atoms with Crippen molar-refractivity contribution in [2.24, 2.45) is 5.92 Å². The number of rotatable bonds is 29. The summed E-state index contributed by atoms with van der Waals surface area (Å²) >= 11 is 2.97. The van der Waals surface area contributed by atoms with Crippen LogP contribution in [-0.2, 0) is 9.53 Å². The molecule has 0 bridgehead atoms. The Balaban J connectivity index is 0. The van der Waals surface area contributed by atoms with Gasteiger partial charge < -0.3 is 4.74 Å². The molecule has 0 saturated heterocycles. The van der Waals surface area contributed by atoms with Gasteiger partial charge in [-0.1, -0.05) is 33.1 Å². The molecule has 0 aromatic carbocycles. The van der Waals surface area contributed by atoms with Gasteiger partial charge in [-0.3, -0.25) is 4.79 Å². The van der Waals surface area contributed by atoms with Gasteiger partial charge in [-0.25, -0.2) is 0 Å². The van der Waals surface area contributed by atoms with Crippen molar-refractivity contribution in [1.82, 2.24) is 0 Å². The van der Waals surface area contributed by atoms with E-state index in [0.29, 0.717) is 24.7 Å². The van der Waals surface area contributed by atoms with Crippen LogP contribution in [0.4, 0.5) is 0 Å². The van der Waals surface area contributed by atoms with Crippen LogP contribution in [0.25, 0.3) is 0 Å². The van der Waals surface area contributed by atoms with Crippen LogP contribution >= 0.6 is 12.6 Å². The van der Waals surface area contributed by atoms with Gasteiger partial charge in [0, 0.05) is 5.75 Å². The Hall–Kier alpha value is 0.619. The molecule has 1 unspecified atom stereocenters. The number of hydrogen-bond donors (Lipinski definition) is 1. The number of ether oxygens (including phenoxy) is 1. The third-order valence-electron chi connectivity index (χ3n) is 7.99. The van der Waals surface area contributed by atoms with E-state index in [4.69, 9.17) is 4.74 Å². The summed E-state index contributed by atoms with van der Waals surface area (Å²) < 4.78 is 10.3. The fourth-order valence-electron chi connectivity index (χ4n) is 5.11. The van der Waals surface area contributed by atoms with E-state index >= 15 is 0 Å². The number of carbonyl (C=O) groups excluding carboxylic acids is 1. The van der Waals surface area contributed by atoms with Crippen LogP contribution in [0.3, 0.4) is 0 Å². The van der Waals surface area contributed by atoms with E-state index in [0.717, 1.165) is 6.42 Å². The second kappa shape index (κ2) is 36.6. The monoisotopic (exact) mass is 677 g/mol. The molecule has 2 nitrogen and oxygen atoms in total. The Bertz CT molecular complexity index is 422. The van der Waals surface area contributed by atoms with Crippen LogP contribution in [0.15, 0.2) is 0 Å². The van der Waals surface area contributed by atoms with E-state index < -0.39 is 19.8 Å². The van der Waals surface area contributed by atoms with Gasteiger partial charge in [0.2, 0.25) is 0 Å². The quantitative estimate of drug-likeness (QED) is 0.0369. The maximum absolute atomic E-state index is 11.1. The molecule has 0 aromatic rings. The van der Waals surface area contributed by atoms with E-state index in [-0.39, 0.29) is 5.97 Å². The molecule has 39 heavy (non-hydrogen) atoms. The maximum atomic E-state index is 11.1. The molecule has 0 rings (SSSR count). The Kier molecular flexibility index (Phi) is 39.2. The van der Waals surface area contributed by atoms with Crippen molar-refractivity contribution in [2.75, 3.05) is 12.4 Å². The zero-order chi connectivity index (χ0) is 29.2. The molecule has 0 aromatic heterocycles. The molecule has 0 spiro atoms. The molecular formula is C35H73O2SSn. The zero-order valence-electron chi connectivity index (χ0n) is 27.6. The first kappa shape index (κ1) is 41.8. The first-order valence-corrected chi connectivity index (χ1v) is 24.4. The Morgan fingerprint density at radius 3 is 1.33 bits per heavy atom. The number of hydrogen-bond acceptors (Lipinski definition) is 3. The summed E-state index contributed by atoms with van der Waals surface area (Å²) in [5, 5.41) is 0. The molecule has 4 heteroatoms. The summed E-state index contributed by atoms with van der Waals surface area (Å²) in [4.78, 5) is 11.1. The van der Waals surface area contributed by atoms with Gasteiger partial charge in [0.25, 0.3) is 0 Å². The molecule has 0 heterocycles. The molecule has 0 aliphatic heterocycles. The SMILES string of the molecule is CCCCC(CC)COC(=O)CCS.CCCCCCC[CH2][Sn]([CH2]CCCCCCC)[CH2]CCCCCCC. The van der Waals surface area contributed by atoms with Crippen molar-refractivity contribution < 1.29 is 9.53 Å². The minimum absolute atomic E-state index is 0.116. The molecule has 235 valence electrons. The normalized spacial score (nSPS) is 11.9. The van der Waals surface area contributed by atoms with Gasteiger partial charge in [-0.05, 0) is 12.3 Å². The summed E-state index contributed by atoms with van der Waals surface area (Å²) in [6, 6.07) is 0. The van der Waals surface area contributed by atoms with Crippen molar-refractivity contribution >= 4 is 38.4 Å². The molecule has 1 radical (unpaired) electrons. The van der Waals surface area contributed by atoms with Crippen molar-refractivity contribution in [3.05, 3.63) is 0 Å². The fraction of sp³-hybridized carbons (Fsp3) is 0.971. The van der Waals surface area contributed by atoms with E-state index in [1.165, 1.54) is 116 Å². The van der Waals surface area contributed by atoms with Crippen molar-refractivity contribution in [3.8, 4) is 0 Å². The predicted octanol–water partition coefficient (Wildman–Crippen LogP) is 12.6. The van der Waals surface area contributed by atoms with Crippen LogP contribution in [0.1, 0.15) is 182 Å². The van der Waals surface area contributed by atoms with Gasteiger partial charge in [0.1, 0.15) is 0 Å². The number of carbonyl (C=O) groups is 1. The third kappa shape index (κ3) is 34.7. The third-order valence-corrected chi connectivity index (χ3v) is 17.3. The summed E-state index contributed by atoms with van der Waals surface area (Å²) in [6.45, 7) is 11.9. The van der Waals surface area contributed by atoms with Gasteiger partial charge in [-0.2, -0.15) is 12.6 Å². The Labute approximate surface area is 260 Å². The average molecular weight is 677 g/mol. The van der Waals surface area contributed by atoms with Crippen molar-refractivity contribution in [3.63, 3.8) is 0 Å². The van der Waals surface area contributed by atoms with Crippen LogP contribution in [0.2, 0.25) is 13.3 Å². The van der Waals surface area contributed by atoms with E-state index in [9.17, 15) is 4.79 Å². The number of esters is 1. The van der Waals surface area contributed by atoms with E-state index in [1.807, 2.05) is 0 Å². The second-order valence-electron chi connectivity index (χ2n) is 11.9. The fourth-order valence-corrected chi connectivity index (χ4v) is 13.9. The molecule has 0 amide bonds. The number of unbranched alkanes of at least 4 members (excludes halogenated alkanes) is 16. The summed E-state index contributed by atoms with van der Waals surface area (Å²) in [6.07, 6.45) is 32.0. The molecule has 1 atom stereocenters. The minimum atomic E-state index is -1.02. The molecule has 0 saturated carbocycles. The first-order chi connectivity index (χ1) is 19.1. The van der Waals surface area contributed by atoms with Gasteiger partial charge in [0.15, 0.2) is 0 Å². The summed E-state index contributed by atoms with van der Waals surface area (Å²) in [7, 11) is 0. The molecule has 0 aliphatic carbocycles. The average Bonchev–Trinajstić information content (AvgIpc) is 2.94. The molecule has 0 fully saturated rings. The van der Waals surface area contributed by atoms with Crippen LogP contribution in [0, 0.1) is 5.92 Å². The van der Waals surface area contributed by atoms with Crippen LogP contribution < -0.4 is 0 Å². The number of thiol groups is 1. The summed E-state index contributed by atoms with van der Waals surface area (Å²) in [5.74, 6) is 0.999. The second-order valence-corrected chi connectivity index (χ2v) is 20.9. The molecule has 0 N–H and O–H groups in total. The molecular weight excluding hydrogens is 603 g/mol. The van der Waals surface area contributed by atoms with Gasteiger partial charge >= 0.3 is 175 Å². The van der Waals surface area contributed by atoms with E-state index in [2.05, 4.69) is 47.2 Å². The Morgan fingerprint density at radius 2 is 0.974 bits per heavy atom. The topological polar surface area (TPSA) is 26.3 Å². The standard InChI is InChI=1S/C11H22O2S.3C8H17.Sn/c1-3-5-6-10(4-2)9-13-11(12)7-8-14;3*1-3-5-7-8-6-4-2;/h10,14H,3-9H2,1-2H3;3*1,3-8H2,2H3;.